The third kappa shape index (κ3) is 17.4. The van der Waals surface area contributed by atoms with Crippen LogP contribution in [0.2, 0.25) is 0 Å². The fourth-order valence-electron chi connectivity index (χ4n) is 14.3. The molecule has 462 valence electrons. The molecule has 13 N–H and O–H groups in total. The van der Waals surface area contributed by atoms with E-state index in [9.17, 15) is 65.8 Å². The Balaban J connectivity index is 1.57. The standard InChI is InChI=1S/C69H98N2O13/c1-4-5-18-60(76)61(77)31-26-50-25-24-49-16-12-15-48(14-8-6-11-36-72)55(49)17-13-35-69(67(3,84)41-46-21-27-53(74)28-22-46)42-47-20-23-51(52(37-47)43-68(66(82)83)33-9-7-10-34-68)38-63(79)56-29-19-45(2)70-65(58(56)40-64(80)81)62(78)32-30-59(71-69)57(50)39-54(75)44-73/h12,15-16,20-23,26-28,31,37,45,54,56,58-63,65,70-79,84H,4-11,14,18-19,24-25,29-30,32-36,38-44H2,1-3H3,(H,80,81)(H,82,83). The minimum atomic E-state index is -1.74. The van der Waals surface area contributed by atoms with Gasteiger partial charge in [-0.25, -0.2) is 0 Å². The van der Waals surface area contributed by atoms with Crippen molar-refractivity contribution in [3.63, 3.8) is 0 Å². The van der Waals surface area contributed by atoms with Crippen LogP contribution >= 0.6 is 0 Å². The van der Waals surface area contributed by atoms with Crippen LogP contribution in [0.25, 0.3) is 0 Å². The van der Waals surface area contributed by atoms with Gasteiger partial charge in [-0.2, -0.15) is 0 Å². The first kappa shape index (κ1) is 66.6. The molecule has 1 saturated heterocycles. The molecular weight excluding hydrogens is 1060 g/mol. The fraction of sp³-hybridized carbons (Fsp3) is 0.623. The van der Waals surface area contributed by atoms with Gasteiger partial charge in [0.05, 0.1) is 60.1 Å². The predicted molar refractivity (Wildman–Crippen MR) is 325 cm³/mol. The van der Waals surface area contributed by atoms with E-state index in [4.69, 9.17) is 0 Å². The second kappa shape index (κ2) is 31.1. The highest BCUT2D eigenvalue weighted by atomic mass is 16.4. The van der Waals surface area contributed by atoms with E-state index in [1.165, 1.54) is 0 Å². The number of fused-ring (bicyclic) bond motifs is 6. The van der Waals surface area contributed by atoms with Crippen molar-refractivity contribution in [1.29, 1.82) is 0 Å². The molecule has 15 heteroatoms. The van der Waals surface area contributed by atoms with E-state index >= 15 is 0 Å². The summed E-state index contributed by atoms with van der Waals surface area (Å²) in [4.78, 5) is 26.6. The Labute approximate surface area is 498 Å². The van der Waals surface area contributed by atoms with Gasteiger partial charge in [0.2, 0.25) is 0 Å². The molecule has 5 aliphatic rings. The van der Waals surface area contributed by atoms with Crippen LogP contribution in [0.4, 0.5) is 0 Å². The van der Waals surface area contributed by atoms with Crippen molar-refractivity contribution in [2.24, 2.45) is 17.3 Å². The highest BCUT2D eigenvalue weighted by Crippen LogP contribution is 2.44. The molecule has 0 aromatic heterocycles. The number of allylic oxidation sites excluding steroid dienone is 2. The normalized spacial score (nSPS) is 27.0. The Kier molecular flexibility index (Phi) is 24.6. The van der Waals surface area contributed by atoms with Gasteiger partial charge in [-0.3, -0.25) is 9.59 Å². The highest BCUT2D eigenvalue weighted by molar-refractivity contribution is 5.75. The third-order valence-electron chi connectivity index (χ3n) is 19.3. The van der Waals surface area contributed by atoms with E-state index in [1.54, 1.807) is 43.3 Å². The molecule has 1 saturated carbocycles. The van der Waals surface area contributed by atoms with Crippen molar-refractivity contribution in [3.05, 3.63) is 123 Å². The van der Waals surface area contributed by atoms with Gasteiger partial charge in [-0.15, -0.1) is 0 Å². The number of unbranched alkanes of at least 4 members (excludes halogenated alkanes) is 3. The summed E-state index contributed by atoms with van der Waals surface area (Å²) in [5, 5.41) is 134. The Bertz CT molecular complexity index is 2740. The molecule has 12 unspecified atom stereocenters. The summed E-state index contributed by atoms with van der Waals surface area (Å²) in [6.45, 7) is 5.23. The smallest absolute Gasteiger partial charge is 0.309 e. The first-order chi connectivity index (χ1) is 40.2. The first-order valence-corrected chi connectivity index (χ1v) is 31.4. The lowest BCUT2D eigenvalue weighted by molar-refractivity contribution is -0.151. The fourth-order valence-corrected chi connectivity index (χ4v) is 14.3. The van der Waals surface area contributed by atoms with Gasteiger partial charge in [0.1, 0.15) is 5.75 Å². The molecule has 2 fully saturated rings. The lowest BCUT2D eigenvalue weighted by Crippen LogP contribution is -2.66. The number of phenolic OH excluding ortho intramolecular Hbond substituents is 1. The zero-order chi connectivity index (χ0) is 60.6. The van der Waals surface area contributed by atoms with Crippen LogP contribution in [0.15, 0.2) is 84.0 Å². The number of benzene rings is 3. The molecular formula is C69H98N2O13. The molecule has 4 aliphatic heterocycles. The van der Waals surface area contributed by atoms with Crippen LogP contribution < -0.4 is 10.6 Å². The summed E-state index contributed by atoms with van der Waals surface area (Å²) in [7, 11) is 0. The van der Waals surface area contributed by atoms with Crippen molar-refractivity contribution in [3.8, 4) is 17.6 Å². The average Bonchev–Trinajstić information content (AvgIpc) is 1.54. The van der Waals surface area contributed by atoms with Crippen molar-refractivity contribution in [2.75, 3.05) is 13.2 Å². The number of aliphatic hydroxyl groups excluding tert-OH is 7. The lowest BCUT2D eigenvalue weighted by atomic mass is 9.68. The predicted octanol–water partition coefficient (Wildman–Crippen LogP) is 7.71. The summed E-state index contributed by atoms with van der Waals surface area (Å²) >= 11 is 0. The molecule has 84 heavy (non-hydrogen) atoms. The summed E-state index contributed by atoms with van der Waals surface area (Å²) < 4.78 is 0. The monoisotopic (exact) mass is 1160 g/mol. The maximum absolute atomic E-state index is 13.9. The molecule has 3 aromatic rings. The third-order valence-corrected chi connectivity index (χ3v) is 19.3. The number of phenols is 1. The van der Waals surface area contributed by atoms with E-state index in [1.807, 2.05) is 44.2 Å². The van der Waals surface area contributed by atoms with Crippen molar-refractivity contribution in [1.82, 2.24) is 10.6 Å². The van der Waals surface area contributed by atoms with Crippen LogP contribution in [0.1, 0.15) is 182 Å². The van der Waals surface area contributed by atoms with Gasteiger partial charge in [-0.05, 0) is 185 Å². The zero-order valence-corrected chi connectivity index (χ0v) is 50.0. The number of nitrogens with one attached hydrogen (secondary N) is 2. The SMILES string of the molecule is CCCCC(O)C(O)C=CC1=C(CC(O)CO)C2CCC(O)C3NC(C)CCC(C(O)Cc4ccc(cc4CC4(C(=O)O)CCCCC4)CC(C(C)(O)Cc4ccc(O)cc4)(CC#Cc4c(CCCCCO)cccc4CC1)N2)C3CC(=O)O. The largest absolute Gasteiger partial charge is 0.508 e. The van der Waals surface area contributed by atoms with Crippen LogP contribution in [-0.4, -0.2) is 141 Å². The van der Waals surface area contributed by atoms with Gasteiger partial charge < -0.3 is 66.8 Å². The van der Waals surface area contributed by atoms with E-state index in [0.717, 1.165) is 71.9 Å². The second-order valence-corrected chi connectivity index (χ2v) is 25.6. The molecule has 0 spiro atoms. The number of aryl methyl sites for hydroxylation is 2. The number of carboxylic acids is 2. The Hall–Kier alpha value is -4.96. The zero-order valence-electron chi connectivity index (χ0n) is 50.0. The molecule has 12 atom stereocenters. The molecule has 3 aromatic carbocycles. The van der Waals surface area contributed by atoms with E-state index in [-0.39, 0.29) is 76.2 Å². The number of carboxylic acid groups (broad SMARTS) is 2. The number of rotatable bonds is 22. The molecule has 15 nitrogen and oxygen atoms in total. The number of carbonyl (C=O) groups is 2. The van der Waals surface area contributed by atoms with Gasteiger partial charge in [0.15, 0.2) is 0 Å². The number of aromatic hydroxyl groups is 1. The number of hydrogen-bond donors (Lipinski definition) is 13. The van der Waals surface area contributed by atoms with E-state index < -0.39 is 89.5 Å². The quantitative estimate of drug-likeness (QED) is 0.0339. The molecule has 8 rings (SSSR count). The molecule has 6 bridgehead atoms. The van der Waals surface area contributed by atoms with E-state index in [2.05, 4.69) is 28.5 Å². The Morgan fingerprint density at radius 3 is 2.33 bits per heavy atom. The lowest BCUT2D eigenvalue weighted by Gasteiger charge is -2.49. The van der Waals surface area contributed by atoms with Gasteiger partial charge in [0.25, 0.3) is 0 Å². The topological polar surface area (TPSA) is 281 Å². The summed E-state index contributed by atoms with van der Waals surface area (Å²) in [6, 6.07) is 16.9. The van der Waals surface area contributed by atoms with Crippen molar-refractivity contribution in [2.45, 2.75) is 241 Å². The number of hydrogen-bond acceptors (Lipinski definition) is 13. The molecule has 4 heterocycles. The Morgan fingerprint density at radius 2 is 1.63 bits per heavy atom. The molecule has 1 aliphatic carbocycles. The van der Waals surface area contributed by atoms with Crippen molar-refractivity contribution < 1.29 is 65.8 Å². The summed E-state index contributed by atoms with van der Waals surface area (Å²) in [6.07, 6.45) is 7.70. The van der Waals surface area contributed by atoms with Crippen LogP contribution in [0, 0.1) is 29.1 Å². The minimum Gasteiger partial charge on any atom is -0.508 e. The van der Waals surface area contributed by atoms with Gasteiger partial charge in [-0.1, -0.05) is 118 Å². The summed E-state index contributed by atoms with van der Waals surface area (Å²) in [5.74, 6) is 4.00. The number of aliphatic hydroxyl groups is 8. The minimum absolute atomic E-state index is 0.0116. The number of aliphatic carboxylic acids is 2. The highest BCUT2D eigenvalue weighted by Gasteiger charge is 2.50. The molecule has 0 radical (unpaired) electrons. The van der Waals surface area contributed by atoms with Gasteiger partial charge >= 0.3 is 11.9 Å². The average molecular weight is 1160 g/mol. The van der Waals surface area contributed by atoms with E-state index in [0.29, 0.717) is 80.9 Å². The molecule has 0 amide bonds. The maximum atomic E-state index is 13.9. The van der Waals surface area contributed by atoms with Crippen LogP contribution in [0.5, 0.6) is 5.75 Å². The van der Waals surface area contributed by atoms with Gasteiger partial charge in [0, 0.05) is 43.1 Å². The summed E-state index contributed by atoms with van der Waals surface area (Å²) in [5.41, 5.74) is 2.69. The first-order valence-electron chi connectivity index (χ1n) is 31.4. The Morgan fingerprint density at radius 1 is 0.869 bits per heavy atom. The van der Waals surface area contributed by atoms with Crippen LogP contribution in [0.3, 0.4) is 0 Å². The maximum Gasteiger partial charge on any atom is 0.309 e. The van der Waals surface area contributed by atoms with Crippen LogP contribution in [-0.2, 0) is 48.1 Å². The second-order valence-electron chi connectivity index (χ2n) is 25.6. The van der Waals surface area contributed by atoms with Crippen molar-refractivity contribution >= 4 is 11.9 Å².